The number of sulfone groups is 1. The van der Waals surface area contributed by atoms with Gasteiger partial charge in [-0.3, -0.25) is 9.36 Å². The van der Waals surface area contributed by atoms with Crippen LogP contribution in [0.4, 0.5) is 0 Å². The van der Waals surface area contributed by atoms with E-state index >= 15 is 0 Å². The molecule has 1 aromatic heterocycles. The zero-order chi connectivity index (χ0) is 14.1. The molecule has 6 nitrogen and oxygen atoms in total. The lowest BCUT2D eigenvalue weighted by atomic mass is 10.3. The van der Waals surface area contributed by atoms with Crippen molar-refractivity contribution in [1.29, 1.82) is 0 Å². The molecule has 0 spiro atoms. The molecular formula is C11H18N2O4S. The second-order valence-electron chi connectivity index (χ2n) is 5.13. The van der Waals surface area contributed by atoms with Gasteiger partial charge in [0.1, 0.15) is 0 Å². The van der Waals surface area contributed by atoms with Gasteiger partial charge in [0.05, 0.1) is 10.5 Å². The average molecular weight is 274 g/mol. The highest BCUT2D eigenvalue weighted by Gasteiger charge is 2.28. The lowest BCUT2D eigenvalue weighted by Crippen LogP contribution is -2.41. The lowest BCUT2D eigenvalue weighted by Gasteiger charge is -2.19. The summed E-state index contributed by atoms with van der Waals surface area (Å²) in [7, 11) is -1.84. The van der Waals surface area contributed by atoms with Crippen molar-refractivity contribution in [2.45, 2.75) is 32.1 Å². The van der Waals surface area contributed by atoms with Crippen LogP contribution in [0.3, 0.4) is 0 Å². The van der Waals surface area contributed by atoms with Gasteiger partial charge in [-0.2, -0.15) is 0 Å². The highest BCUT2D eigenvalue weighted by molar-refractivity contribution is 7.92. The van der Waals surface area contributed by atoms with E-state index in [9.17, 15) is 18.0 Å². The van der Waals surface area contributed by atoms with Gasteiger partial charge in [0.2, 0.25) is 0 Å². The van der Waals surface area contributed by atoms with E-state index in [1.807, 2.05) is 0 Å². The first kappa shape index (κ1) is 14.7. The third-order valence-electron chi connectivity index (χ3n) is 2.76. The molecule has 0 amide bonds. The highest BCUT2D eigenvalue weighted by atomic mass is 32.2. The standard InChI is InChI=1S/C11H18N2O4S/c1-11(2,3)18(16,17)8-7-13-9(14)5-6-12(4)10(13)15/h5-6H,7-8H2,1-4H3. The molecule has 0 aromatic carbocycles. The van der Waals surface area contributed by atoms with E-state index in [1.54, 1.807) is 20.8 Å². The molecule has 0 atom stereocenters. The quantitative estimate of drug-likeness (QED) is 0.762. The van der Waals surface area contributed by atoms with E-state index in [-0.39, 0.29) is 12.3 Å². The topological polar surface area (TPSA) is 78.1 Å². The minimum Gasteiger partial charge on any atom is -0.303 e. The summed E-state index contributed by atoms with van der Waals surface area (Å²) in [5.41, 5.74) is -0.992. The van der Waals surface area contributed by atoms with Crippen LogP contribution >= 0.6 is 0 Å². The van der Waals surface area contributed by atoms with Crippen LogP contribution in [0.5, 0.6) is 0 Å². The van der Waals surface area contributed by atoms with E-state index in [4.69, 9.17) is 0 Å². The zero-order valence-electron chi connectivity index (χ0n) is 11.0. The maximum atomic E-state index is 11.9. The molecule has 1 heterocycles. The van der Waals surface area contributed by atoms with Crippen molar-refractivity contribution in [2.75, 3.05) is 5.75 Å². The molecule has 0 N–H and O–H groups in total. The Hall–Kier alpha value is -1.37. The van der Waals surface area contributed by atoms with E-state index < -0.39 is 25.8 Å². The van der Waals surface area contributed by atoms with Crippen LogP contribution in [-0.2, 0) is 23.4 Å². The first-order chi connectivity index (χ1) is 8.06. The SMILES string of the molecule is Cn1ccc(=O)n(CCS(=O)(=O)C(C)(C)C)c1=O. The van der Waals surface area contributed by atoms with Crippen molar-refractivity contribution in [3.63, 3.8) is 0 Å². The molecule has 0 aliphatic heterocycles. The first-order valence-electron chi connectivity index (χ1n) is 5.55. The Morgan fingerprint density at radius 1 is 1.22 bits per heavy atom. The van der Waals surface area contributed by atoms with Gasteiger partial charge in [0.25, 0.3) is 5.56 Å². The summed E-state index contributed by atoms with van der Waals surface area (Å²) in [5.74, 6) is -0.227. The summed E-state index contributed by atoms with van der Waals surface area (Å²) in [4.78, 5) is 23.2. The lowest BCUT2D eigenvalue weighted by molar-refractivity contribution is 0.546. The molecule has 0 unspecified atom stereocenters. The number of rotatable bonds is 3. The number of aryl methyl sites for hydroxylation is 1. The van der Waals surface area contributed by atoms with Gasteiger partial charge in [-0.25, -0.2) is 13.2 Å². The summed E-state index contributed by atoms with van der Waals surface area (Å²) in [6, 6.07) is 1.24. The molecule has 0 aliphatic rings. The second kappa shape index (κ2) is 4.72. The van der Waals surface area contributed by atoms with Crippen molar-refractivity contribution in [3.8, 4) is 0 Å². The Kier molecular flexibility index (Phi) is 3.85. The van der Waals surface area contributed by atoms with Crippen LogP contribution in [0.25, 0.3) is 0 Å². The molecule has 0 fully saturated rings. The van der Waals surface area contributed by atoms with Gasteiger partial charge in [-0.05, 0) is 20.8 Å². The molecular weight excluding hydrogens is 256 g/mol. The minimum atomic E-state index is -3.35. The predicted molar refractivity (Wildman–Crippen MR) is 69.5 cm³/mol. The molecule has 0 saturated carbocycles. The smallest absolute Gasteiger partial charge is 0.303 e. The molecule has 0 radical (unpaired) electrons. The second-order valence-corrected chi connectivity index (χ2v) is 7.99. The first-order valence-corrected chi connectivity index (χ1v) is 7.20. The van der Waals surface area contributed by atoms with Gasteiger partial charge < -0.3 is 4.57 Å². The zero-order valence-corrected chi connectivity index (χ0v) is 11.8. The normalized spacial score (nSPS) is 12.7. The molecule has 1 rings (SSSR count). The number of nitrogens with zero attached hydrogens (tertiary/aromatic N) is 2. The van der Waals surface area contributed by atoms with E-state index in [0.29, 0.717) is 0 Å². The fourth-order valence-electron chi connectivity index (χ4n) is 1.34. The maximum Gasteiger partial charge on any atom is 0.330 e. The van der Waals surface area contributed by atoms with Gasteiger partial charge in [0, 0.05) is 25.9 Å². The van der Waals surface area contributed by atoms with Crippen LogP contribution in [0, 0.1) is 0 Å². The van der Waals surface area contributed by atoms with Crippen molar-refractivity contribution in [1.82, 2.24) is 9.13 Å². The fourth-order valence-corrected chi connectivity index (χ4v) is 2.37. The molecule has 0 bridgehead atoms. The molecule has 7 heteroatoms. The van der Waals surface area contributed by atoms with Crippen molar-refractivity contribution in [3.05, 3.63) is 33.1 Å². The molecule has 18 heavy (non-hydrogen) atoms. The highest BCUT2D eigenvalue weighted by Crippen LogP contribution is 2.15. The van der Waals surface area contributed by atoms with E-state index in [2.05, 4.69) is 0 Å². The minimum absolute atomic E-state index is 0.119. The molecule has 0 saturated heterocycles. The summed E-state index contributed by atoms with van der Waals surface area (Å²) in [6.07, 6.45) is 1.36. The number of hydrogen-bond acceptors (Lipinski definition) is 4. The number of aromatic nitrogens is 2. The molecule has 1 aromatic rings. The van der Waals surface area contributed by atoms with Gasteiger partial charge in [0.15, 0.2) is 9.84 Å². The summed E-state index contributed by atoms with van der Waals surface area (Å²) in [5, 5.41) is 0. The van der Waals surface area contributed by atoms with Gasteiger partial charge in [-0.15, -0.1) is 0 Å². The fraction of sp³-hybridized carbons (Fsp3) is 0.636. The van der Waals surface area contributed by atoms with Crippen LogP contribution in [0.15, 0.2) is 21.9 Å². The Morgan fingerprint density at radius 2 is 1.78 bits per heavy atom. The Bertz CT molecular complexity index is 647. The molecule has 102 valence electrons. The third-order valence-corrected chi connectivity index (χ3v) is 5.34. The summed E-state index contributed by atoms with van der Waals surface area (Å²) in [6.45, 7) is 4.66. The predicted octanol–water partition coefficient (Wildman–Crippen LogP) is -0.240. The van der Waals surface area contributed by atoms with E-state index in [0.717, 1.165) is 4.57 Å². The van der Waals surface area contributed by atoms with Gasteiger partial charge in [-0.1, -0.05) is 0 Å². The van der Waals surface area contributed by atoms with Crippen molar-refractivity contribution >= 4 is 9.84 Å². The Balaban J connectivity index is 3.07. The summed E-state index contributed by atoms with van der Waals surface area (Å²) >= 11 is 0. The largest absolute Gasteiger partial charge is 0.330 e. The summed E-state index contributed by atoms with van der Waals surface area (Å²) < 4.78 is 25.1. The maximum absolute atomic E-state index is 11.9. The van der Waals surface area contributed by atoms with Crippen LogP contribution < -0.4 is 11.2 Å². The van der Waals surface area contributed by atoms with Crippen LogP contribution in [0.1, 0.15) is 20.8 Å². The average Bonchev–Trinajstić information content (AvgIpc) is 2.22. The molecule has 0 aliphatic carbocycles. The third kappa shape index (κ3) is 2.90. The van der Waals surface area contributed by atoms with Crippen LogP contribution in [-0.4, -0.2) is 28.1 Å². The monoisotopic (exact) mass is 274 g/mol. The number of hydrogen-bond donors (Lipinski definition) is 0. The Labute approximate surface area is 106 Å². The Morgan fingerprint density at radius 3 is 2.28 bits per heavy atom. The van der Waals surface area contributed by atoms with Gasteiger partial charge >= 0.3 is 5.69 Å². The van der Waals surface area contributed by atoms with Crippen molar-refractivity contribution < 1.29 is 8.42 Å². The van der Waals surface area contributed by atoms with Crippen LogP contribution in [0.2, 0.25) is 0 Å². The van der Waals surface area contributed by atoms with Crippen molar-refractivity contribution in [2.24, 2.45) is 7.05 Å². The van der Waals surface area contributed by atoms with E-state index in [1.165, 1.54) is 23.9 Å².